The predicted molar refractivity (Wildman–Crippen MR) is 112 cm³/mol. The summed E-state index contributed by atoms with van der Waals surface area (Å²) in [5.74, 6) is 1.98. The van der Waals surface area contributed by atoms with Crippen LogP contribution in [0.2, 0.25) is 0 Å². The van der Waals surface area contributed by atoms with E-state index in [0.717, 1.165) is 38.2 Å². The average Bonchev–Trinajstić information content (AvgIpc) is 2.72. The van der Waals surface area contributed by atoms with Gasteiger partial charge < -0.3 is 14.4 Å². The molecular weight excluding hydrogens is 352 g/mol. The summed E-state index contributed by atoms with van der Waals surface area (Å²) < 4.78 is 10.8. The smallest absolute Gasteiger partial charge is 0.409 e. The number of nitrogens with zero attached hydrogens (tertiary/aromatic N) is 2. The van der Waals surface area contributed by atoms with Crippen LogP contribution in [-0.2, 0) is 11.3 Å². The van der Waals surface area contributed by atoms with E-state index >= 15 is 0 Å². The summed E-state index contributed by atoms with van der Waals surface area (Å²) in [4.78, 5) is 16.8. The molecule has 5 nitrogen and oxygen atoms in total. The number of carbonyl (C=O) groups is 1. The Hall–Kier alpha value is -1.75. The van der Waals surface area contributed by atoms with Crippen LogP contribution in [-0.4, -0.2) is 55.3 Å². The number of ether oxygens (including phenoxy) is 2. The molecule has 2 fully saturated rings. The van der Waals surface area contributed by atoms with Crippen LogP contribution in [0, 0.1) is 11.8 Å². The van der Waals surface area contributed by atoms with Gasteiger partial charge in [-0.05, 0) is 61.8 Å². The zero-order chi connectivity index (χ0) is 19.9. The summed E-state index contributed by atoms with van der Waals surface area (Å²) >= 11 is 0. The number of rotatable bonds is 6. The molecule has 1 amide bonds. The SMILES string of the molecule is COc1cccc(CN2CCCCC2C2CCN(C(=O)OCC(C)C)CC2)c1. The lowest BCUT2D eigenvalue weighted by Gasteiger charge is -2.43. The van der Waals surface area contributed by atoms with Crippen molar-refractivity contribution < 1.29 is 14.3 Å². The second-order valence-corrected chi connectivity index (χ2v) is 8.68. The summed E-state index contributed by atoms with van der Waals surface area (Å²) in [5, 5.41) is 0. The number of hydrogen-bond donors (Lipinski definition) is 0. The highest BCUT2D eigenvalue weighted by molar-refractivity contribution is 5.67. The number of hydrogen-bond acceptors (Lipinski definition) is 4. The fourth-order valence-electron chi connectivity index (χ4n) is 4.55. The van der Waals surface area contributed by atoms with Gasteiger partial charge in [0.15, 0.2) is 0 Å². The van der Waals surface area contributed by atoms with E-state index in [2.05, 4.69) is 36.9 Å². The largest absolute Gasteiger partial charge is 0.497 e. The van der Waals surface area contributed by atoms with Crippen LogP contribution in [0.3, 0.4) is 0 Å². The summed E-state index contributed by atoms with van der Waals surface area (Å²) in [7, 11) is 1.72. The first-order chi connectivity index (χ1) is 13.6. The first kappa shape index (κ1) is 21.0. The van der Waals surface area contributed by atoms with Crippen LogP contribution in [0.4, 0.5) is 4.79 Å². The minimum atomic E-state index is -0.135. The van der Waals surface area contributed by atoms with E-state index in [1.165, 1.54) is 31.4 Å². The van der Waals surface area contributed by atoms with Crippen molar-refractivity contribution in [1.29, 1.82) is 0 Å². The summed E-state index contributed by atoms with van der Waals surface area (Å²) in [6, 6.07) is 9.05. The van der Waals surface area contributed by atoms with Crippen molar-refractivity contribution in [2.45, 2.75) is 58.5 Å². The van der Waals surface area contributed by atoms with Crippen LogP contribution < -0.4 is 4.74 Å². The zero-order valence-electron chi connectivity index (χ0n) is 17.7. The van der Waals surface area contributed by atoms with Gasteiger partial charge in [-0.1, -0.05) is 32.4 Å². The van der Waals surface area contributed by atoms with Gasteiger partial charge in [-0.15, -0.1) is 0 Å². The Labute approximate surface area is 170 Å². The first-order valence-electron chi connectivity index (χ1n) is 10.9. The van der Waals surface area contributed by atoms with Crippen molar-refractivity contribution in [2.24, 2.45) is 11.8 Å². The van der Waals surface area contributed by atoms with Gasteiger partial charge in [0.2, 0.25) is 0 Å². The maximum absolute atomic E-state index is 12.2. The Bertz CT molecular complexity index is 626. The van der Waals surface area contributed by atoms with E-state index in [1.807, 2.05) is 11.0 Å². The van der Waals surface area contributed by atoms with Gasteiger partial charge >= 0.3 is 6.09 Å². The minimum absolute atomic E-state index is 0.135. The van der Waals surface area contributed by atoms with Crippen LogP contribution >= 0.6 is 0 Å². The van der Waals surface area contributed by atoms with Gasteiger partial charge in [0.05, 0.1) is 13.7 Å². The molecule has 0 saturated carbocycles. The summed E-state index contributed by atoms with van der Waals surface area (Å²) in [6.45, 7) is 8.45. The number of benzene rings is 1. The maximum Gasteiger partial charge on any atom is 0.409 e. The van der Waals surface area contributed by atoms with Crippen molar-refractivity contribution in [3.8, 4) is 5.75 Å². The highest BCUT2D eigenvalue weighted by Crippen LogP contribution is 2.32. The molecule has 2 heterocycles. The van der Waals surface area contributed by atoms with E-state index in [9.17, 15) is 4.79 Å². The van der Waals surface area contributed by atoms with Gasteiger partial charge in [0, 0.05) is 25.7 Å². The van der Waals surface area contributed by atoms with Gasteiger partial charge in [-0.2, -0.15) is 0 Å². The number of likely N-dealkylation sites (tertiary alicyclic amines) is 2. The van der Waals surface area contributed by atoms with Crippen molar-refractivity contribution in [3.63, 3.8) is 0 Å². The molecule has 0 radical (unpaired) electrons. The van der Waals surface area contributed by atoms with E-state index < -0.39 is 0 Å². The van der Waals surface area contributed by atoms with E-state index in [-0.39, 0.29) is 6.09 Å². The Morgan fingerprint density at radius 1 is 1.14 bits per heavy atom. The van der Waals surface area contributed by atoms with E-state index in [0.29, 0.717) is 24.5 Å². The van der Waals surface area contributed by atoms with Crippen molar-refractivity contribution in [1.82, 2.24) is 9.80 Å². The molecule has 2 aliphatic heterocycles. The Morgan fingerprint density at radius 2 is 1.93 bits per heavy atom. The molecular formula is C23H36N2O3. The standard InChI is InChI=1S/C23H36N2O3/c1-18(2)17-28-23(26)24-13-10-20(11-14-24)22-9-4-5-12-25(22)16-19-7-6-8-21(15-19)27-3/h6-8,15,18,20,22H,4-5,9-14,16-17H2,1-3H3. The Kier molecular flexibility index (Phi) is 7.60. The molecule has 0 spiro atoms. The van der Waals surface area contributed by atoms with E-state index in [4.69, 9.17) is 9.47 Å². The Morgan fingerprint density at radius 3 is 2.64 bits per heavy atom. The second-order valence-electron chi connectivity index (χ2n) is 8.68. The summed E-state index contributed by atoms with van der Waals surface area (Å²) in [6.07, 6.45) is 5.89. The lowest BCUT2D eigenvalue weighted by molar-refractivity contribution is 0.0434. The van der Waals surface area contributed by atoms with Gasteiger partial charge in [-0.25, -0.2) is 4.79 Å². The molecule has 156 valence electrons. The van der Waals surface area contributed by atoms with Crippen LogP contribution in [0.15, 0.2) is 24.3 Å². The average molecular weight is 389 g/mol. The van der Waals surface area contributed by atoms with Crippen molar-refractivity contribution in [2.75, 3.05) is 33.4 Å². The molecule has 0 bridgehead atoms. The van der Waals surface area contributed by atoms with Crippen molar-refractivity contribution >= 4 is 6.09 Å². The number of methoxy groups -OCH3 is 1. The third kappa shape index (κ3) is 5.63. The third-order valence-electron chi connectivity index (χ3n) is 6.07. The highest BCUT2D eigenvalue weighted by atomic mass is 16.6. The number of piperidine rings is 2. The third-order valence-corrected chi connectivity index (χ3v) is 6.07. The molecule has 0 aromatic heterocycles. The van der Waals surface area contributed by atoms with E-state index in [1.54, 1.807) is 7.11 Å². The molecule has 1 unspecified atom stereocenters. The normalized spacial score (nSPS) is 21.7. The topological polar surface area (TPSA) is 42.0 Å². The summed E-state index contributed by atoms with van der Waals surface area (Å²) in [5.41, 5.74) is 1.32. The molecule has 0 N–H and O–H groups in total. The van der Waals surface area contributed by atoms with Crippen LogP contribution in [0.1, 0.15) is 51.5 Å². The molecule has 1 aromatic carbocycles. The van der Waals surface area contributed by atoms with Gasteiger partial charge in [0.25, 0.3) is 0 Å². The van der Waals surface area contributed by atoms with Gasteiger partial charge in [-0.3, -0.25) is 4.90 Å². The zero-order valence-corrected chi connectivity index (χ0v) is 17.7. The van der Waals surface area contributed by atoms with Gasteiger partial charge in [0.1, 0.15) is 5.75 Å². The second kappa shape index (κ2) is 10.1. The van der Waals surface area contributed by atoms with Crippen molar-refractivity contribution in [3.05, 3.63) is 29.8 Å². The quantitative estimate of drug-likeness (QED) is 0.717. The fraction of sp³-hybridized carbons (Fsp3) is 0.696. The molecule has 0 aliphatic carbocycles. The van der Waals surface area contributed by atoms with Crippen LogP contribution in [0.5, 0.6) is 5.75 Å². The number of amides is 1. The fourth-order valence-corrected chi connectivity index (χ4v) is 4.55. The molecule has 1 aromatic rings. The Balaban J connectivity index is 1.55. The molecule has 2 aliphatic rings. The minimum Gasteiger partial charge on any atom is -0.497 e. The lowest BCUT2D eigenvalue weighted by atomic mass is 9.83. The monoisotopic (exact) mass is 388 g/mol. The first-order valence-corrected chi connectivity index (χ1v) is 10.9. The molecule has 5 heteroatoms. The molecule has 1 atom stereocenters. The van der Waals surface area contributed by atoms with Crippen LogP contribution in [0.25, 0.3) is 0 Å². The highest BCUT2D eigenvalue weighted by Gasteiger charge is 2.33. The molecule has 28 heavy (non-hydrogen) atoms. The molecule has 2 saturated heterocycles. The predicted octanol–water partition coefficient (Wildman–Crippen LogP) is 4.55. The number of carbonyl (C=O) groups excluding carboxylic acids is 1. The molecule has 3 rings (SSSR count). The maximum atomic E-state index is 12.2. The lowest BCUT2D eigenvalue weighted by Crippen LogP contribution is -2.48.